The second-order valence-electron chi connectivity index (χ2n) is 7.19. The first-order valence-corrected chi connectivity index (χ1v) is 11.4. The van der Waals surface area contributed by atoms with Crippen LogP contribution < -0.4 is 16.0 Å². The molecule has 0 aliphatic carbocycles. The van der Waals surface area contributed by atoms with Gasteiger partial charge in [-0.25, -0.2) is 13.2 Å². The average molecular weight is 431 g/mol. The molecule has 9 heteroatoms. The van der Waals surface area contributed by atoms with Gasteiger partial charge in [0.2, 0.25) is 0 Å². The third-order valence-corrected chi connectivity index (χ3v) is 6.40. The van der Waals surface area contributed by atoms with Gasteiger partial charge >= 0.3 is 6.09 Å². The molecule has 1 fully saturated rings. The number of nitrogens with two attached hydrogens (primary N) is 1. The molecular weight excluding hydrogens is 404 g/mol. The van der Waals surface area contributed by atoms with Crippen molar-refractivity contribution in [2.45, 2.75) is 30.8 Å². The maximum atomic E-state index is 12.5. The number of amides is 1. The highest BCUT2D eigenvalue weighted by Gasteiger charge is 2.32. The van der Waals surface area contributed by atoms with E-state index in [0.29, 0.717) is 11.3 Å². The smallest absolute Gasteiger partial charge is 0.414 e. The molecule has 1 aliphatic heterocycles. The number of ether oxygens (including phenoxy) is 1. The standard InChI is InChI=1S/C21H26N4O4S/c1-2-4-15-7-9-19(10-8-15)30(27,28)14-24-12-18-13-25(21(26)29-18)17-6-3-5-16(11-17)20(22)23/h3,5-11,18,24H,2,4,12-14H2,1H3,(H3,22,23). The number of nitrogen functional groups attached to an aromatic ring is 1. The van der Waals surface area contributed by atoms with Gasteiger partial charge < -0.3 is 10.5 Å². The quantitative estimate of drug-likeness (QED) is 0.414. The average Bonchev–Trinajstić information content (AvgIpc) is 3.09. The number of anilines is 1. The van der Waals surface area contributed by atoms with Gasteiger partial charge in [0, 0.05) is 17.8 Å². The molecule has 0 saturated carbocycles. The Balaban J connectivity index is 1.56. The Hall–Kier alpha value is -2.91. The van der Waals surface area contributed by atoms with E-state index in [9.17, 15) is 13.2 Å². The van der Waals surface area contributed by atoms with Crippen molar-refractivity contribution < 1.29 is 17.9 Å². The monoisotopic (exact) mass is 430 g/mol. The summed E-state index contributed by atoms with van der Waals surface area (Å²) in [7, 11) is -3.48. The summed E-state index contributed by atoms with van der Waals surface area (Å²) in [5, 5.41) is 10.4. The Morgan fingerprint density at radius 2 is 2.00 bits per heavy atom. The molecule has 1 aliphatic rings. The summed E-state index contributed by atoms with van der Waals surface area (Å²) in [6.07, 6.45) is 0.916. The van der Waals surface area contributed by atoms with E-state index in [1.807, 2.05) is 12.1 Å². The summed E-state index contributed by atoms with van der Waals surface area (Å²) in [6.45, 7) is 2.56. The van der Waals surface area contributed by atoms with Gasteiger partial charge in [0.05, 0.1) is 11.4 Å². The number of hydrogen-bond acceptors (Lipinski definition) is 6. The van der Waals surface area contributed by atoms with E-state index in [4.69, 9.17) is 15.9 Å². The summed E-state index contributed by atoms with van der Waals surface area (Å²) in [4.78, 5) is 13.9. The Labute approximate surface area is 176 Å². The van der Waals surface area contributed by atoms with Crippen molar-refractivity contribution in [1.82, 2.24) is 5.32 Å². The van der Waals surface area contributed by atoms with E-state index >= 15 is 0 Å². The number of aryl methyl sites for hydroxylation is 1. The third-order valence-electron chi connectivity index (χ3n) is 4.83. The van der Waals surface area contributed by atoms with Gasteiger partial charge in [-0.3, -0.25) is 15.6 Å². The lowest BCUT2D eigenvalue weighted by Gasteiger charge is -2.14. The Morgan fingerprint density at radius 1 is 1.27 bits per heavy atom. The van der Waals surface area contributed by atoms with Crippen molar-refractivity contribution in [3.8, 4) is 0 Å². The van der Waals surface area contributed by atoms with E-state index in [2.05, 4.69) is 12.2 Å². The molecule has 2 aromatic carbocycles. The van der Waals surface area contributed by atoms with Crippen LogP contribution in [0.15, 0.2) is 53.4 Å². The third kappa shape index (κ3) is 5.17. The van der Waals surface area contributed by atoms with E-state index in [1.165, 1.54) is 4.90 Å². The summed E-state index contributed by atoms with van der Waals surface area (Å²) in [5.74, 6) is -0.330. The molecule has 0 bridgehead atoms. The number of nitrogens with zero attached hydrogens (tertiary/aromatic N) is 1. The zero-order valence-corrected chi connectivity index (χ0v) is 17.6. The molecule has 0 aromatic heterocycles. The number of rotatable bonds is 9. The number of nitrogens with one attached hydrogen (secondary N) is 2. The second kappa shape index (κ2) is 9.27. The van der Waals surface area contributed by atoms with Crippen molar-refractivity contribution in [2.75, 3.05) is 23.9 Å². The van der Waals surface area contributed by atoms with Crippen LogP contribution in [0.25, 0.3) is 0 Å². The molecule has 1 unspecified atom stereocenters. The van der Waals surface area contributed by atoms with Crippen molar-refractivity contribution in [1.29, 1.82) is 5.41 Å². The van der Waals surface area contributed by atoms with Crippen molar-refractivity contribution >= 4 is 27.5 Å². The molecule has 1 atom stereocenters. The molecule has 8 nitrogen and oxygen atoms in total. The highest BCUT2D eigenvalue weighted by molar-refractivity contribution is 7.91. The molecule has 3 rings (SSSR count). The summed E-state index contributed by atoms with van der Waals surface area (Å²) in [5.41, 5.74) is 7.70. The summed E-state index contributed by atoms with van der Waals surface area (Å²) < 4.78 is 30.4. The normalized spacial score (nSPS) is 16.5. The van der Waals surface area contributed by atoms with Gasteiger partial charge in [0.1, 0.15) is 17.8 Å². The predicted molar refractivity (Wildman–Crippen MR) is 116 cm³/mol. The lowest BCUT2D eigenvalue weighted by Crippen LogP contribution is -2.34. The number of carbonyl (C=O) groups excluding carboxylic acids is 1. The van der Waals surface area contributed by atoms with E-state index < -0.39 is 22.0 Å². The zero-order chi connectivity index (χ0) is 21.7. The number of sulfone groups is 1. The van der Waals surface area contributed by atoms with Crippen LogP contribution in [0.2, 0.25) is 0 Å². The van der Waals surface area contributed by atoms with Gasteiger partial charge in [-0.1, -0.05) is 37.6 Å². The fourth-order valence-electron chi connectivity index (χ4n) is 3.27. The minimum Gasteiger partial charge on any atom is -0.443 e. The number of hydrogen-bond donors (Lipinski definition) is 3. The summed E-state index contributed by atoms with van der Waals surface area (Å²) in [6, 6.07) is 13.7. The highest BCUT2D eigenvalue weighted by Crippen LogP contribution is 2.22. The fourth-order valence-corrected chi connectivity index (χ4v) is 4.37. The van der Waals surface area contributed by atoms with E-state index in [-0.39, 0.29) is 29.7 Å². The van der Waals surface area contributed by atoms with Gasteiger partial charge in [-0.05, 0) is 36.2 Å². The van der Waals surface area contributed by atoms with Crippen molar-refractivity contribution in [3.63, 3.8) is 0 Å². The lowest BCUT2D eigenvalue weighted by atomic mass is 10.1. The van der Waals surface area contributed by atoms with Crippen LogP contribution in [0.1, 0.15) is 24.5 Å². The molecule has 4 N–H and O–H groups in total. The van der Waals surface area contributed by atoms with Crippen LogP contribution >= 0.6 is 0 Å². The number of benzene rings is 2. The maximum Gasteiger partial charge on any atom is 0.414 e. The van der Waals surface area contributed by atoms with Gasteiger partial charge in [-0.2, -0.15) is 0 Å². The van der Waals surface area contributed by atoms with E-state index in [1.54, 1.807) is 36.4 Å². The van der Waals surface area contributed by atoms with Gasteiger partial charge in [0.25, 0.3) is 0 Å². The van der Waals surface area contributed by atoms with Crippen LogP contribution in [-0.2, 0) is 21.0 Å². The molecule has 30 heavy (non-hydrogen) atoms. The molecule has 1 heterocycles. The van der Waals surface area contributed by atoms with Crippen LogP contribution in [0, 0.1) is 5.41 Å². The molecule has 1 amide bonds. The van der Waals surface area contributed by atoms with Gasteiger partial charge in [0.15, 0.2) is 9.84 Å². The first kappa shape index (κ1) is 21.8. The molecule has 2 aromatic rings. The number of carbonyl (C=O) groups is 1. The maximum absolute atomic E-state index is 12.5. The SMILES string of the molecule is CCCc1ccc(S(=O)(=O)CNCC2CN(c3cccc(C(=N)N)c3)C(=O)O2)cc1. The Bertz CT molecular complexity index is 1020. The first-order chi connectivity index (χ1) is 14.3. The molecular formula is C21H26N4O4S. The summed E-state index contributed by atoms with van der Waals surface area (Å²) >= 11 is 0. The fraction of sp³-hybridized carbons (Fsp3) is 0.333. The molecule has 0 spiro atoms. The predicted octanol–water partition coefficient (Wildman–Crippen LogP) is 2.27. The van der Waals surface area contributed by atoms with Crippen LogP contribution in [0.3, 0.4) is 0 Å². The first-order valence-electron chi connectivity index (χ1n) is 9.75. The lowest BCUT2D eigenvalue weighted by molar-refractivity contribution is 0.141. The Morgan fingerprint density at radius 3 is 2.67 bits per heavy atom. The number of amidine groups is 1. The van der Waals surface area contributed by atoms with Gasteiger partial charge in [-0.15, -0.1) is 0 Å². The minimum atomic E-state index is -3.48. The number of cyclic esters (lactones) is 1. The topological polar surface area (TPSA) is 126 Å². The highest BCUT2D eigenvalue weighted by atomic mass is 32.2. The molecule has 160 valence electrons. The van der Waals surface area contributed by atoms with E-state index in [0.717, 1.165) is 18.4 Å². The van der Waals surface area contributed by atoms with Crippen molar-refractivity contribution in [2.24, 2.45) is 5.73 Å². The molecule has 0 radical (unpaired) electrons. The van der Waals surface area contributed by atoms with Crippen molar-refractivity contribution in [3.05, 3.63) is 59.7 Å². The molecule has 1 saturated heterocycles. The zero-order valence-electron chi connectivity index (χ0n) is 16.8. The Kier molecular flexibility index (Phi) is 6.73. The van der Waals surface area contributed by atoms with Crippen LogP contribution in [-0.4, -0.2) is 45.4 Å². The van der Waals surface area contributed by atoms with Crippen LogP contribution in [0.5, 0.6) is 0 Å². The largest absolute Gasteiger partial charge is 0.443 e. The second-order valence-corrected chi connectivity index (χ2v) is 9.18. The minimum absolute atomic E-state index is 0.0874. The van der Waals surface area contributed by atoms with Crippen LogP contribution in [0.4, 0.5) is 10.5 Å².